The molecule has 102 valence electrons. The standard InChI is InChI=1S/C12H8Cl2N4O2/c13-7-3-1-4-8(14)9(7)17-10(19)11(20)18-12-15-5-2-6-16-12/h1-6H,(H,17,19)(H,15,16,18,20). The van der Waals surface area contributed by atoms with Crippen molar-refractivity contribution in [3.63, 3.8) is 0 Å². The maximum atomic E-state index is 11.7. The molecule has 0 unspecified atom stereocenters. The number of nitrogens with one attached hydrogen (secondary N) is 2. The third kappa shape index (κ3) is 3.43. The number of carbonyl (C=O) groups is 2. The maximum Gasteiger partial charge on any atom is 0.316 e. The average molecular weight is 311 g/mol. The molecule has 2 amide bonds. The summed E-state index contributed by atoms with van der Waals surface area (Å²) in [6, 6.07) is 6.29. The molecule has 0 saturated heterocycles. The second-order valence-electron chi connectivity index (χ2n) is 3.58. The Morgan fingerprint density at radius 1 is 0.900 bits per heavy atom. The number of halogens is 2. The van der Waals surface area contributed by atoms with Gasteiger partial charge in [0.05, 0.1) is 15.7 Å². The molecule has 0 saturated carbocycles. The maximum absolute atomic E-state index is 11.7. The number of carbonyl (C=O) groups excluding carboxylic acids is 2. The Bertz CT molecular complexity index is 629. The summed E-state index contributed by atoms with van der Waals surface area (Å²) in [5, 5.41) is 5.03. The Morgan fingerprint density at radius 2 is 1.45 bits per heavy atom. The number of hydrogen-bond donors (Lipinski definition) is 2. The van der Waals surface area contributed by atoms with Crippen molar-refractivity contribution >= 4 is 46.7 Å². The molecular formula is C12H8Cl2N4O2. The van der Waals surface area contributed by atoms with E-state index in [1.165, 1.54) is 12.4 Å². The Balaban J connectivity index is 2.07. The number of nitrogens with zero attached hydrogens (tertiary/aromatic N) is 2. The number of aromatic nitrogens is 2. The van der Waals surface area contributed by atoms with Crippen LogP contribution in [0.2, 0.25) is 10.0 Å². The molecule has 2 aromatic rings. The summed E-state index contributed by atoms with van der Waals surface area (Å²) in [4.78, 5) is 30.9. The van der Waals surface area contributed by atoms with Crippen LogP contribution in [-0.4, -0.2) is 21.8 Å². The summed E-state index contributed by atoms with van der Waals surface area (Å²) >= 11 is 11.8. The van der Waals surface area contributed by atoms with Crippen molar-refractivity contribution in [2.24, 2.45) is 0 Å². The van der Waals surface area contributed by atoms with Crippen molar-refractivity contribution in [2.45, 2.75) is 0 Å². The number of anilines is 2. The first kappa shape index (κ1) is 14.2. The highest BCUT2D eigenvalue weighted by Gasteiger charge is 2.17. The van der Waals surface area contributed by atoms with Gasteiger partial charge >= 0.3 is 11.8 Å². The fraction of sp³-hybridized carbons (Fsp3) is 0. The smallest absolute Gasteiger partial charge is 0.315 e. The van der Waals surface area contributed by atoms with Crippen LogP contribution in [0, 0.1) is 0 Å². The van der Waals surface area contributed by atoms with Crippen LogP contribution in [0.4, 0.5) is 11.6 Å². The Morgan fingerprint density at radius 3 is 2.05 bits per heavy atom. The van der Waals surface area contributed by atoms with Crippen molar-refractivity contribution < 1.29 is 9.59 Å². The molecule has 0 fully saturated rings. The molecule has 0 aliphatic rings. The minimum Gasteiger partial charge on any atom is -0.315 e. The third-order valence-electron chi connectivity index (χ3n) is 2.20. The van der Waals surface area contributed by atoms with Gasteiger partial charge in [0, 0.05) is 12.4 Å². The molecule has 6 nitrogen and oxygen atoms in total. The molecule has 0 aliphatic heterocycles. The first-order valence-electron chi connectivity index (χ1n) is 5.41. The first-order valence-corrected chi connectivity index (χ1v) is 6.17. The van der Waals surface area contributed by atoms with E-state index in [0.29, 0.717) is 0 Å². The number of hydrogen-bond acceptors (Lipinski definition) is 4. The molecule has 0 radical (unpaired) electrons. The van der Waals surface area contributed by atoms with Gasteiger partial charge in [0.2, 0.25) is 5.95 Å². The van der Waals surface area contributed by atoms with E-state index in [9.17, 15) is 9.59 Å². The molecule has 0 atom stereocenters. The van der Waals surface area contributed by atoms with Crippen LogP contribution in [0.3, 0.4) is 0 Å². The summed E-state index contributed by atoms with van der Waals surface area (Å²) < 4.78 is 0. The third-order valence-corrected chi connectivity index (χ3v) is 2.83. The summed E-state index contributed by atoms with van der Waals surface area (Å²) in [6.45, 7) is 0. The summed E-state index contributed by atoms with van der Waals surface area (Å²) in [7, 11) is 0. The van der Waals surface area contributed by atoms with Gasteiger partial charge in [-0.3, -0.25) is 14.9 Å². The quantitative estimate of drug-likeness (QED) is 0.834. The van der Waals surface area contributed by atoms with Crippen LogP contribution in [0.15, 0.2) is 36.7 Å². The van der Waals surface area contributed by atoms with E-state index in [4.69, 9.17) is 23.2 Å². The second-order valence-corrected chi connectivity index (χ2v) is 4.39. The van der Waals surface area contributed by atoms with Crippen molar-refractivity contribution in [3.8, 4) is 0 Å². The predicted octanol–water partition coefficient (Wildman–Crippen LogP) is 2.36. The largest absolute Gasteiger partial charge is 0.316 e. The number of para-hydroxylation sites is 1. The lowest BCUT2D eigenvalue weighted by molar-refractivity contribution is -0.133. The molecule has 2 N–H and O–H groups in total. The zero-order valence-electron chi connectivity index (χ0n) is 9.93. The summed E-state index contributed by atoms with van der Waals surface area (Å²) in [5.74, 6) is -1.82. The van der Waals surface area contributed by atoms with Crippen LogP contribution in [-0.2, 0) is 9.59 Å². The topological polar surface area (TPSA) is 84.0 Å². The van der Waals surface area contributed by atoms with E-state index >= 15 is 0 Å². The fourth-order valence-electron chi connectivity index (χ4n) is 1.31. The molecular weight excluding hydrogens is 303 g/mol. The van der Waals surface area contributed by atoms with Gasteiger partial charge in [-0.15, -0.1) is 0 Å². The van der Waals surface area contributed by atoms with Gasteiger partial charge in [0.1, 0.15) is 0 Å². The van der Waals surface area contributed by atoms with Crippen molar-refractivity contribution in [1.82, 2.24) is 9.97 Å². The highest BCUT2D eigenvalue weighted by atomic mass is 35.5. The molecule has 2 rings (SSSR count). The Hall–Kier alpha value is -2.18. The molecule has 20 heavy (non-hydrogen) atoms. The average Bonchev–Trinajstić information content (AvgIpc) is 2.44. The van der Waals surface area contributed by atoms with Crippen LogP contribution in [0.5, 0.6) is 0 Å². The summed E-state index contributed by atoms with van der Waals surface area (Å²) in [6.07, 6.45) is 2.87. The highest BCUT2D eigenvalue weighted by Crippen LogP contribution is 2.29. The monoisotopic (exact) mass is 310 g/mol. The van der Waals surface area contributed by atoms with Gasteiger partial charge in [0.15, 0.2) is 0 Å². The van der Waals surface area contributed by atoms with Crippen LogP contribution in [0.1, 0.15) is 0 Å². The summed E-state index contributed by atoms with van der Waals surface area (Å²) in [5.41, 5.74) is 0.171. The van der Waals surface area contributed by atoms with Gasteiger partial charge < -0.3 is 5.32 Å². The van der Waals surface area contributed by atoms with Gasteiger partial charge in [-0.1, -0.05) is 29.3 Å². The molecule has 1 aromatic heterocycles. The zero-order valence-corrected chi connectivity index (χ0v) is 11.4. The number of amides is 2. The van der Waals surface area contributed by atoms with E-state index < -0.39 is 11.8 Å². The molecule has 0 aliphatic carbocycles. The Labute approximate surface area is 124 Å². The van der Waals surface area contributed by atoms with Gasteiger partial charge in [-0.05, 0) is 18.2 Å². The highest BCUT2D eigenvalue weighted by molar-refractivity contribution is 6.46. The van der Waals surface area contributed by atoms with Gasteiger partial charge in [0.25, 0.3) is 0 Å². The van der Waals surface area contributed by atoms with E-state index in [0.717, 1.165) is 0 Å². The number of rotatable bonds is 2. The Kier molecular flexibility index (Phi) is 4.49. The van der Waals surface area contributed by atoms with Gasteiger partial charge in [-0.25, -0.2) is 9.97 Å². The van der Waals surface area contributed by atoms with Crippen molar-refractivity contribution in [1.29, 1.82) is 0 Å². The van der Waals surface area contributed by atoms with Crippen LogP contribution < -0.4 is 10.6 Å². The normalized spacial score (nSPS) is 9.90. The predicted molar refractivity (Wildman–Crippen MR) is 75.8 cm³/mol. The van der Waals surface area contributed by atoms with E-state index in [1.54, 1.807) is 24.3 Å². The van der Waals surface area contributed by atoms with Crippen molar-refractivity contribution in [3.05, 3.63) is 46.7 Å². The number of benzene rings is 1. The first-order chi connectivity index (χ1) is 9.58. The lowest BCUT2D eigenvalue weighted by Crippen LogP contribution is -2.30. The lowest BCUT2D eigenvalue weighted by atomic mass is 10.3. The van der Waals surface area contributed by atoms with Gasteiger partial charge in [-0.2, -0.15) is 0 Å². The van der Waals surface area contributed by atoms with E-state index in [1.807, 2.05) is 0 Å². The van der Waals surface area contributed by atoms with E-state index in [2.05, 4.69) is 20.6 Å². The second kappa shape index (κ2) is 6.31. The molecule has 8 heteroatoms. The van der Waals surface area contributed by atoms with E-state index in [-0.39, 0.29) is 21.7 Å². The zero-order chi connectivity index (χ0) is 14.5. The molecule has 1 heterocycles. The van der Waals surface area contributed by atoms with Crippen LogP contribution >= 0.6 is 23.2 Å². The minimum atomic E-state index is -0.924. The molecule has 1 aromatic carbocycles. The molecule has 0 bridgehead atoms. The van der Waals surface area contributed by atoms with Crippen molar-refractivity contribution in [2.75, 3.05) is 10.6 Å². The lowest BCUT2D eigenvalue weighted by Gasteiger charge is -2.08. The molecule has 0 spiro atoms. The minimum absolute atomic E-state index is 0.0258. The van der Waals surface area contributed by atoms with Crippen LogP contribution in [0.25, 0.3) is 0 Å². The SMILES string of the molecule is O=C(Nc1ncccn1)C(=O)Nc1c(Cl)cccc1Cl. The fourth-order valence-corrected chi connectivity index (χ4v) is 1.80.